The van der Waals surface area contributed by atoms with Crippen LogP contribution in [0.25, 0.3) is 54.9 Å². The number of anilines is 1. The maximum Gasteiger partial charge on any atom is 0.224 e. The van der Waals surface area contributed by atoms with Crippen molar-refractivity contribution in [2.24, 2.45) is 5.92 Å². The van der Waals surface area contributed by atoms with E-state index in [9.17, 15) is 4.79 Å². The van der Waals surface area contributed by atoms with Crippen LogP contribution in [-0.4, -0.2) is 36.0 Å². The summed E-state index contributed by atoms with van der Waals surface area (Å²) in [5, 5.41) is 12.7. The van der Waals surface area contributed by atoms with E-state index in [-0.39, 0.29) is 5.91 Å². The van der Waals surface area contributed by atoms with Gasteiger partial charge in [-0.05, 0) is 56.0 Å². The minimum Gasteiger partial charge on any atom is -0.352 e. The van der Waals surface area contributed by atoms with Gasteiger partial charge in [0.05, 0.1) is 35.0 Å². The molecule has 0 aromatic carbocycles. The average Bonchev–Trinajstić information content (AvgIpc) is 3.71. The van der Waals surface area contributed by atoms with Crippen LogP contribution in [0, 0.1) is 12.8 Å². The highest BCUT2D eigenvalue weighted by Crippen LogP contribution is 2.36. The topological polar surface area (TPSA) is 112 Å². The van der Waals surface area contributed by atoms with Crippen molar-refractivity contribution in [1.82, 2.24) is 30.1 Å². The molecule has 3 N–H and O–H groups in total. The number of aryl methyl sites for hydroxylation is 1. The summed E-state index contributed by atoms with van der Waals surface area (Å²) in [4.78, 5) is 32.1. The lowest BCUT2D eigenvalue weighted by molar-refractivity contribution is -0.117. The van der Waals surface area contributed by atoms with Gasteiger partial charge in [-0.25, -0.2) is 4.98 Å². The fourth-order valence-electron chi connectivity index (χ4n) is 5.76. The molecular formula is C31H29N7OS. The van der Waals surface area contributed by atoms with Gasteiger partial charge in [-0.1, -0.05) is 19.3 Å². The lowest BCUT2D eigenvalue weighted by Crippen LogP contribution is -2.18. The van der Waals surface area contributed by atoms with Crippen molar-refractivity contribution in [2.45, 2.75) is 45.4 Å². The molecular weight excluding hydrogens is 518 g/mol. The van der Waals surface area contributed by atoms with Gasteiger partial charge >= 0.3 is 0 Å². The van der Waals surface area contributed by atoms with Gasteiger partial charge in [0.15, 0.2) is 5.65 Å². The number of nitrogens with one attached hydrogen (secondary N) is 3. The molecule has 8 nitrogen and oxygen atoms in total. The molecule has 0 saturated heterocycles. The van der Waals surface area contributed by atoms with E-state index in [1.54, 1.807) is 29.9 Å². The molecule has 6 aromatic heterocycles. The number of aromatic nitrogens is 6. The van der Waals surface area contributed by atoms with E-state index in [2.05, 4.69) is 66.6 Å². The summed E-state index contributed by atoms with van der Waals surface area (Å²) in [5.41, 5.74) is 6.96. The Balaban J connectivity index is 1.19. The summed E-state index contributed by atoms with van der Waals surface area (Å²) >= 11 is 1.76. The standard InChI is InChI=1S/C31H29N7OS/c1-18-7-8-28(40-18)25-16-33-17-27-23(25)12-26(36-27)30-24-11-21(14-34-31(24)38-37-30)20-10-22(15-32-13-20)35-29(39)9-19-5-3-2-4-6-19/h7-8,10-17,19,36H,2-6,9H2,1H3,(H,35,39)(H,34,37,38). The van der Waals surface area contributed by atoms with Crippen LogP contribution in [0.3, 0.4) is 0 Å². The molecule has 200 valence electrons. The van der Waals surface area contributed by atoms with Gasteiger partial charge in [-0.3, -0.25) is 19.9 Å². The number of hydrogen-bond acceptors (Lipinski definition) is 6. The van der Waals surface area contributed by atoms with Crippen molar-refractivity contribution >= 4 is 44.9 Å². The second-order valence-corrected chi connectivity index (χ2v) is 11.9. The minimum atomic E-state index is 0.0573. The molecule has 1 amide bonds. The van der Waals surface area contributed by atoms with Gasteiger partial charge in [0.2, 0.25) is 5.91 Å². The zero-order valence-corrected chi connectivity index (χ0v) is 23.0. The maximum absolute atomic E-state index is 12.7. The first-order chi connectivity index (χ1) is 19.6. The number of pyridine rings is 3. The third-order valence-electron chi connectivity index (χ3n) is 7.78. The molecule has 9 heteroatoms. The number of rotatable bonds is 6. The highest BCUT2D eigenvalue weighted by molar-refractivity contribution is 7.15. The molecule has 0 unspecified atom stereocenters. The molecule has 0 aliphatic heterocycles. The second kappa shape index (κ2) is 10.3. The predicted octanol–water partition coefficient (Wildman–Crippen LogP) is 7.51. The highest BCUT2D eigenvalue weighted by Gasteiger charge is 2.18. The summed E-state index contributed by atoms with van der Waals surface area (Å²) in [7, 11) is 0. The summed E-state index contributed by atoms with van der Waals surface area (Å²) in [5.74, 6) is 0.545. The summed E-state index contributed by atoms with van der Waals surface area (Å²) < 4.78 is 0. The SMILES string of the molecule is Cc1ccc(-c2cncc3[nH]c(-c4[nH]nc5ncc(-c6cncc(NC(=O)CC7CCCCC7)c6)cc45)cc23)s1. The Bertz CT molecular complexity index is 1840. The summed E-state index contributed by atoms with van der Waals surface area (Å²) in [6.07, 6.45) is 15.7. The van der Waals surface area contributed by atoms with Crippen LogP contribution in [0.2, 0.25) is 0 Å². The highest BCUT2D eigenvalue weighted by atomic mass is 32.1. The molecule has 1 fully saturated rings. The molecule has 1 saturated carbocycles. The van der Waals surface area contributed by atoms with Gasteiger partial charge in [0, 0.05) is 62.2 Å². The van der Waals surface area contributed by atoms with Gasteiger partial charge < -0.3 is 10.3 Å². The van der Waals surface area contributed by atoms with E-state index >= 15 is 0 Å². The molecule has 6 heterocycles. The number of nitrogens with zero attached hydrogens (tertiary/aromatic N) is 4. The molecule has 0 radical (unpaired) electrons. The number of carbonyl (C=O) groups excluding carboxylic acids is 1. The molecule has 0 spiro atoms. The van der Waals surface area contributed by atoms with E-state index < -0.39 is 0 Å². The van der Waals surface area contributed by atoms with Crippen LogP contribution < -0.4 is 5.32 Å². The van der Waals surface area contributed by atoms with Crippen molar-refractivity contribution in [2.75, 3.05) is 5.32 Å². The number of hydrogen-bond donors (Lipinski definition) is 3. The van der Waals surface area contributed by atoms with Crippen LogP contribution in [0.5, 0.6) is 0 Å². The summed E-state index contributed by atoms with van der Waals surface area (Å²) in [6.45, 7) is 2.11. The molecule has 6 aromatic rings. The first-order valence-corrected chi connectivity index (χ1v) is 14.6. The fraction of sp³-hybridized carbons (Fsp3) is 0.258. The van der Waals surface area contributed by atoms with E-state index in [4.69, 9.17) is 0 Å². The fourth-order valence-corrected chi connectivity index (χ4v) is 6.65. The van der Waals surface area contributed by atoms with Crippen molar-refractivity contribution < 1.29 is 4.79 Å². The third-order valence-corrected chi connectivity index (χ3v) is 8.82. The Morgan fingerprint density at radius 2 is 1.82 bits per heavy atom. The van der Waals surface area contributed by atoms with Crippen molar-refractivity contribution in [3.05, 3.63) is 66.2 Å². The van der Waals surface area contributed by atoms with E-state index in [0.29, 0.717) is 23.7 Å². The largest absolute Gasteiger partial charge is 0.352 e. The second-order valence-electron chi connectivity index (χ2n) is 10.7. The Hall–Kier alpha value is -4.37. The Labute approximate surface area is 235 Å². The molecule has 0 atom stereocenters. The van der Waals surface area contributed by atoms with Gasteiger partial charge in [0.25, 0.3) is 0 Å². The number of H-pyrrole nitrogens is 2. The molecule has 1 aliphatic rings. The van der Waals surface area contributed by atoms with Crippen molar-refractivity contribution in [3.8, 4) is 33.0 Å². The van der Waals surface area contributed by atoms with Crippen LogP contribution in [0.4, 0.5) is 5.69 Å². The van der Waals surface area contributed by atoms with E-state index in [1.807, 2.05) is 18.5 Å². The summed E-state index contributed by atoms with van der Waals surface area (Å²) in [6, 6.07) is 10.4. The Kier molecular flexibility index (Phi) is 6.36. The Morgan fingerprint density at radius 1 is 0.975 bits per heavy atom. The maximum atomic E-state index is 12.7. The number of amides is 1. The number of thiophene rings is 1. The lowest BCUT2D eigenvalue weighted by atomic mass is 9.87. The zero-order valence-electron chi connectivity index (χ0n) is 22.2. The lowest BCUT2D eigenvalue weighted by Gasteiger charge is -2.20. The third kappa shape index (κ3) is 4.77. The quantitative estimate of drug-likeness (QED) is 0.200. The average molecular weight is 548 g/mol. The van der Waals surface area contributed by atoms with Gasteiger partial charge in [0.1, 0.15) is 0 Å². The monoisotopic (exact) mass is 547 g/mol. The van der Waals surface area contributed by atoms with Gasteiger partial charge in [-0.15, -0.1) is 11.3 Å². The van der Waals surface area contributed by atoms with Crippen LogP contribution in [-0.2, 0) is 4.79 Å². The predicted molar refractivity (Wildman–Crippen MR) is 160 cm³/mol. The van der Waals surface area contributed by atoms with E-state index in [0.717, 1.165) is 57.2 Å². The molecule has 1 aliphatic carbocycles. The smallest absolute Gasteiger partial charge is 0.224 e. The van der Waals surface area contributed by atoms with Crippen LogP contribution in [0.1, 0.15) is 43.4 Å². The minimum absolute atomic E-state index is 0.0573. The van der Waals surface area contributed by atoms with Crippen molar-refractivity contribution in [1.29, 1.82) is 0 Å². The number of carbonyl (C=O) groups is 1. The van der Waals surface area contributed by atoms with Crippen LogP contribution in [0.15, 0.2) is 61.3 Å². The van der Waals surface area contributed by atoms with Crippen LogP contribution >= 0.6 is 11.3 Å². The zero-order chi connectivity index (χ0) is 27.1. The first kappa shape index (κ1) is 24.7. The molecule has 0 bridgehead atoms. The molecule has 7 rings (SSSR count). The molecule has 40 heavy (non-hydrogen) atoms. The van der Waals surface area contributed by atoms with Gasteiger partial charge in [-0.2, -0.15) is 5.10 Å². The van der Waals surface area contributed by atoms with Crippen molar-refractivity contribution in [3.63, 3.8) is 0 Å². The number of fused-ring (bicyclic) bond motifs is 2. The normalized spacial score (nSPS) is 14.2. The number of aromatic amines is 2. The van der Waals surface area contributed by atoms with E-state index in [1.165, 1.54) is 29.0 Å². The first-order valence-electron chi connectivity index (χ1n) is 13.7. The Morgan fingerprint density at radius 3 is 2.67 bits per heavy atom.